The summed E-state index contributed by atoms with van der Waals surface area (Å²) >= 11 is 1.19. The molecule has 0 rings (SSSR count). The Morgan fingerprint density at radius 1 is 0.821 bits per heavy atom. The highest BCUT2D eigenvalue weighted by atomic mass is 32.2. The number of thioether (sulfide) groups is 1. The molecule has 0 aromatic carbocycles. The van der Waals surface area contributed by atoms with E-state index in [1.807, 2.05) is 20.8 Å². The third-order valence-corrected chi connectivity index (χ3v) is 9.01. The smallest absolute Gasteiger partial charge is 0.374 e. The first kappa shape index (κ1) is 27.8. The molecule has 0 bridgehead atoms. The van der Waals surface area contributed by atoms with E-state index in [9.17, 15) is 9.59 Å². The van der Waals surface area contributed by atoms with Gasteiger partial charge in [0.05, 0.1) is 0 Å². The first-order valence-electron chi connectivity index (χ1n) is 11.1. The van der Waals surface area contributed by atoms with Crippen molar-refractivity contribution in [3.8, 4) is 0 Å². The zero-order valence-electron chi connectivity index (χ0n) is 18.7. The second-order valence-corrected chi connectivity index (χ2v) is 10.9. The second kappa shape index (κ2) is 17.6. The predicted octanol–water partition coefficient (Wildman–Crippen LogP) is 5.78. The van der Waals surface area contributed by atoms with Gasteiger partial charge in [0.1, 0.15) is 0 Å². The van der Waals surface area contributed by atoms with Crippen LogP contribution >= 0.6 is 11.8 Å². The zero-order chi connectivity index (χ0) is 21.3. The largest absolute Gasteiger partial charge is 0.500 e. The third-order valence-electron chi connectivity index (χ3n) is 4.58. The van der Waals surface area contributed by atoms with Crippen LogP contribution in [-0.2, 0) is 22.9 Å². The van der Waals surface area contributed by atoms with Crippen LogP contribution in [0.1, 0.15) is 92.4 Å². The molecule has 1 unspecified atom stereocenters. The Hall–Kier alpha value is -0.213. The van der Waals surface area contributed by atoms with Crippen LogP contribution in [0.2, 0.25) is 6.04 Å². The molecule has 7 heteroatoms. The van der Waals surface area contributed by atoms with Gasteiger partial charge in [0.2, 0.25) is 5.78 Å². The molecule has 0 aromatic rings. The number of ketones is 1. The molecule has 0 saturated heterocycles. The minimum absolute atomic E-state index is 0.0919. The fraction of sp³-hybridized carbons (Fsp3) is 0.905. The summed E-state index contributed by atoms with van der Waals surface area (Å²) < 4.78 is 17.7. The van der Waals surface area contributed by atoms with Crippen molar-refractivity contribution in [1.82, 2.24) is 0 Å². The molecule has 0 aliphatic carbocycles. The highest BCUT2D eigenvalue weighted by Crippen LogP contribution is 2.27. The SMILES string of the molecule is CCCCCCCCC(=O)C(=O)SC(CC)CC[Si](OCC)(OCC)OCC. The van der Waals surface area contributed by atoms with Crippen molar-refractivity contribution in [2.24, 2.45) is 0 Å². The molecule has 1 atom stereocenters. The van der Waals surface area contributed by atoms with Crippen molar-refractivity contribution in [3.63, 3.8) is 0 Å². The van der Waals surface area contributed by atoms with Gasteiger partial charge in [0, 0.05) is 37.5 Å². The van der Waals surface area contributed by atoms with Crippen LogP contribution in [0.4, 0.5) is 0 Å². The summed E-state index contributed by atoms with van der Waals surface area (Å²) in [6.45, 7) is 11.7. The van der Waals surface area contributed by atoms with Crippen LogP contribution < -0.4 is 0 Å². The maximum atomic E-state index is 12.3. The van der Waals surface area contributed by atoms with Gasteiger partial charge in [-0.2, -0.15) is 0 Å². The number of hydrogen-bond acceptors (Lipinski definition) is 6. The highest BCUT2D eigenvalue weighted by Gasteiger charge is 2.40. The van der Waals surface area contributed by atoms with Gasteiger partial charge in [-0.3, -0.25) is 9.59 Å². The summed E-state index contributed by atoms with van der Waals surface area (Å²) in [5, 5.41) is -0.203. The van der Waals surface area contributed by atoms with E-state index in [4.69, 9.17) is 13.3 Å². The monoisotopic (exact) mass is 434 g/mol. The van der Waals surface area contributed by atoms with Gasteiger partial charge in [-0.25, -0.2) is 0 Å². The number of rotatable bonds is 19. The molecule has 0 amide bonds. The molecule has 0 aliphatic rings. The zero-order valence-corrected chi connectivity index (χ0v) is 20.5. The summed E-state index contributed by atoms with van der Waals surface area (Å²) in [5.74, 6) is -0.234. The number of Topliss-reactive ketones (excluding diaryl/α,β-unsaturated/α-hetero) is 1. The van der Waals surface area contributed by atoms with Gasteiger partial charge in [-0.1, -0.05) is 57.7 Å². The van der Waals surface area contributed by atoms with Gasteiger partial charge < -0.3 is 13.3 Å². The fourth-order valence-electron chi connectivity index (χ4n) is 3.07. The molecule has 166 valence electrons. The van der Waals surface area contributed by atoms with Gasteiger partial charge in [-0.05, 0) is 40.0 Å². The van der Waals surface area contributed by atoms with Crippen molar-refractivity contribution in [2.75, 3.05) is 19.8 Å². The average molecular weight is 435 g/mol. The van der Waals surface area contributed by atoms with Crippen LogP contribution in [0.25, 0.3) is 0 Å². The average Bonchev–Trinajstić information content (AvgIpc) is 2.68. The topological polar surface area (TPSA) is 61.8 Å². The lowest BCUT2D eigenvalue weighted by Crippen LogP contribution is -2.46. The van der Waals surface area contributed by atoms with Crippen molar-refractivity contribution < 1.29 is 22.9 Å². The molecule has 0 radical (unpaired) electrons. The molecule has 0 heterocycles. The number of unbranched alkanes of at least 4 members (excludes halogenated alkanes) is 5. The number of carbonyl (C=O) groups is 2. The van der Waals surface area contributed by atoms with Crippen LogP contribution in [-0.4, -0.2) is 44.8 Å². The third kappa shape index (κ3) is 12.4. The van der Waals surface area contributed by atoms with Gasteiger partial charge in [0.15, 0.2) is 0 Å². The Morgan fingerprint density at radius 3 is 1.86 bits per heavy atom. The summed E-state index contributed by atoms with van der Waals surface area (Å²) in [6.07, 6.45) is 8.65. The van der Waals surface area contributed by atoms with Gasteiger partial charge in [0.25, 0.3) is 5.12 Å². The Labute approximate surface area is 178 Å². The van der Waals surface area contributed by atoms with E-state index in [1.54, 1.807) is 0 Å². The van der Waals surface area contributed by atoms with E-state index < -0.39 is 8.80 Å². The van der Waals surface area contributed by atoms with Crippen molar-refractivity contribution >= 4 is 31.5 Å². The second-order valence-electron chi connectivity index (χ2n) is 6.90. The first-order valence-corrected chi connectivity index (χ1v) is 13.9. The Kier molecular flexibility index (Phi) is 17.5. The van der Waals surface area contributed by atoms with E-state index in [0.717, 1.165) is 32.1 Å². The van der Waals surface area contributed by atoms with Crippen molar-refractivity contribution in [1.29, 1.82) is 0 Å². The molecule has 0 spiro atoms. The molecule has 0 N–H and O–H groups in total. The van der Waals surface area contributed by atoms with Crippen LogP contribution in [0.5, 0.6) is 0 Å². The molecular formula is C21H42O5SSi. The quantitative estimate of drug-likeness (QED) is 0.146. The van der Waals surface area contributed by atoms with E-state index >= 15 is 0 Å². The minimum atomic E-state index is -2.70. The summed E-state index contributed by atoms with van der Waals surface area (Å²) in [6, 6.07) is 0.674. The molecule has 0 aliphatic heterocycles. The molecule has 0 aromatic heterocycles. The molecule has 0 fully saturated rings. The lowest BCUT2D eigenvalue weighted by Gasteiger charge is -2.29. The Balaban J connectivity index is 4.45. The van der Waals surface area contributed by atoms with E-state index in [-0.39, 0.29) is 16.1 Å². The Bertz CT molecular complexity index is 403. The maximum absolute atomic E-state index is 12.3. The van der Waals surface area contributed by atoms with Crippen LogP contribution in [0, 0.1) is 0 Å². The molecule has 28 heavy (non-hydrogen) atoms. The lowest BCUT2D eigenvalue weighted by atomic mass is 10.1. The summed E-state index contributed by atoms with van der Waals surface area (Å²) in [4.78, 5) is 24.5. The maximum Gasteiger partial charge on any atom is 0.500 e. The van der Waals surface area contributed by atoms with Gasteiger partial charge in [-0.15, -0.1) is 0 Å². The summed E-state index contributed by atoms with van der Waals surface area (Å²) in [7, 11) is -2.70. The van der Waals surface area contributed by atoms with Crippen LogP contribution in [0.15, 0.2) is 0 Å². The molecule has 5 nitrogen and oxygen atoms in total. The van der Waals surface area contributed by atoms with Gasteiger partial charge >= 0.3 is 8.80 Å². The van der Waals surface area contributed by atoms with E-state index in [0.29, 0.717) is 32.3 Å². The lowest BCUT2D eigenvalue weighted by molar-refractivity contribution is -0.131. The fourth-order valence-corrected chi connectivity index (χ4v) is 6.92. The van der Waals surface area contributed by atoms with E-state index in [2.05, 4.69) is 13.8 Å². The van der Waals surface area contributed by atoms with Crippen molar-refractivity contribution in [2.45, 2.75) is 104 Å². The number of carbonyl (C=O) groups excluding carboxylic acids is 2. The predicted molar refractivity (Wildman–Crippen MR) is 120 cm³/mol. The first-order chi connectivity index (χ1) is 13.5. The standard InChI is InChI=1S/C21H42O5SSi/c1-6-11-12-13-14-15-16-20(22)21(23)27-19(7-2)17-18-28(24-8-3,25-9-4)26-10-5/h19H,6-18H2,1-5H3. The summed E-state index contributed by atoms with van der Waals surface area (Å²) in [5.41, 5.74) is 0. The normalized spacial score (nSPS) is 12.9. The Morgan fingerprint density at radius 2 is 1.36 bits per heavy atom. The molecular weight excluding hydrogens is 392 g/mol. The number of hydrogen-bond donors (Lipinski definition) is 0. The van der Waals surface area contributed by atoms with Crippen LogP contribution in [0.3, 0.4) is 0 Å². The minimum Gasteiger partial charge on any atom is -0.374 e. The van der Waals surface area contributed by atoms with Crippen molar-refractivity contribution in [3.05, 3.63) is 0 Å². The van der Waals surface area contributed by atoms with E-state index in [1.165, 1.54) is 31.0 Å². The highest BCUT2D eigenvalue weighted by molar-refractivity contribution is 8.15. The molecule has 0 saturated carbocycles.